The van der Waals surface area contributed by atoms with Crippen LogP contribution in [0.15, 0.2) is 48.5 Å². The van der Waals surface area contributed by atoms with Gasteiger partial charge < -0.3 is 14.8 Å². The molecule has 2 aromatic carbocycles. The second kappa shape index (κ2) is 8.19. The summed E-state index contributed by atoms with van der Waals surface area (Å²) in [5, 5.41) is 3.04. The average molecular weight is 425 g/mol. The molecule has 2 rings (SSSR count). The molecular formula is C18H20INO3. The van der Waals surface area contributed by atoms with Gasteiger partial charge in [-0.3, -0.25) is 4.79 Å². The van der Waals surface area contributed by atoms with Gasteiger partial charge in [-0.25, -0.2) is 0 Å². The zero-order chi connectivity index (χ0) is 16.8. The summed E-state index contributed by atoms with van der Waals surface area (Å²) >= 11 is 2.13. The molecule has 4 nitrogen and oxygen atoms in total. The Morgan fingerprint density at radius 3 is 2.26 bits per heavy atom. The first kappa shape index (κ1) is 17.6. The van der Waals surface area contributed by atoms with Crippen LogP contribution in [-0.4, -0.2) is 20.1 Å². The summed E-state index contributed by atoms with van der Waals surface area (Å²) in [6.45, 7) is 1.98. The van der Waals surface area contributed by atoms with Crippen LogP contribution in [-0.2, 0) is 4.79 Å². The third kappa shape index (κ3) is 4.37. The lowest BCUT2D eigenvalue weighted by atomic mass is 10.1. The highest BCUT2D eigenvalue weighted by Gasteiger charge is 2.20. The lowest BCUT2D eigenvalue weighted by Gasteiger charge is -2.18. The maximum Gasteiger partial charge on any atom is 0.237 e. The minimum Gasteiger partial charge on any atom is -0.493 e. The molecule has 2 unspecified atom stereocenters. The first-order valence-electron chi connectivity index (χ1n) is 7.28. The summed E-state index contributed by atoms with van der Waals surface area (Å²) in [7, 11) is 3.18. The quantitative estimate of drug-likeness (QED) is 0.561. The average Bonchev–Trinajstić information content (AvgIpc) is 2.61. The number of carbonyl (C=O) groups excluding carboxylic acids is 1. The van der Waals surface area contributed by atoms with E-state index in [0.29, 0.717) is 11.5 Å². The first-order chi connectivity index (χ1) is 11.1. The van der Waals surface area contributed by atoms with Crippen molar-refractivity contribution < 1.29 is 14.3 Å². The number of hydrogen-bond acceptors (Lipinski definition) is 3. The number of amides is 1. The molecule has 0 fully saturated rings. The molecule has 1 N–H and O–H groups in total. The Kier molecular flexibility index (Phi) is 6.27. The number of benzene rings is 2. The summed E-state index contributed by atoms with van der Waals surface area (Å²) in [4.78, 5) is 12.5. The third-order valence-electron chi connectivity index (χ3n) is 3.59. The standard InChI is InChI=1S/C18H20INO3/c1-12(13-7-5-4-6-8-13)20-18(21)17(19)14-9-10-15(22-2)16(11-14)23-3/h4-12,17H,1-3H3,(H,20,21). The van der Waals surface area contributed by atoms with Crippen LogP contribution in [0.5, 0.6) is 11.5 Å². The molecule has 0 radical (unpaired) electrons. The maximum atomic E-state index is 12.5. The fourth-order valence-electron chi connectivity index (χ4n) is 2.27. The van der Waals surface area contributed by atoms with E-state index in [4.69, 9.17) is 9.47 Å². The Balaban J connectivity index is 2.10. The van der Waals surface area contributed by atoms with Gasteiger partial charge in [0.25, 0.3) is 0 Å². The Morgan fingerprint density at radius 1 is 1.00 bits per heavy atom. The number of carbonyl (C=O) groups is 1. The molecule has 0 saturated carbocycles. The van der Waals surface area contributed by atoms with Gasteiger partial charge in [0.2, 0.25) is 5.91 Å². The van der Waals surface area contributed by atoms with E-state index in [1.807, 2.05) is 55.5 Å². The Bertz CT molecular complexity index is 661. The Hall–Kier alpha value is -1.76. The lowest BCUT2D eigenvalue weighted by molar-refractivity contribution is -0.120. The number of methoxy groups -OCH3 is 2. The van der Waals surface area contributed by atoms with Crippen molar-refractivity contribution in [3.63, 3.8) is 0 Å². The largest absolute Gasteiger partial charge is 0.493 e. The fraction of sp³-hybridized carbons (Fsp3) is 0.278. The normalized spacial score (nSPS) is 13.0. The van der Waals surface area contributed by atoms with Crippen molar-refractivity contribution in [2.75, 3.05) is 14.2 Å². The number of rotatable bonds is 6. The predicted molar refractivity (Wildman–Crippen MR) is 99.3 cm³/mol. The van der Waals surface area contributed by atoms with Gasteiger partial charge >= 0.3 is 0 Å². The van der Waals surface area contributed by atoms with Crippen LogP contribution >= 0.6 is 22.6 Å². The fourth-order valence-corrected chi connectivity index (χ4v) is 2.84. The summed E-state index contributed by atoms with van der Waals surface area (Å²) in [5.41, 5.74) is 1.96. The Labute approximate surface area is 150 Å². The van der Waals surface area contributed by atoms with E-state index in [0.717, 1.165) is 11.1 Å². The highest BCUT2D eigenvalue weighted by Crippen LogP contribution is 2.33. The molecule has 0 aliphatic rings. The summed E-state index contributed by atoms with van der Waals surface area (Å²) in [6, 6.07) is 15.4. The minimum absolute atomic E-state index is 0.0332. The molecule has 0 aromatic heterocycles. The molecule has 23 heavy (non-hydrogen) atoms. The summed E-state index contributed by atoms with van der Waals surface area (Å²) in [6.07, 6.45) is 0. The molecule has 0 aliphatic heterocycles. The van der Waals surface area contributed by atoms with Crippen LogP contribution in [0.3, 0.4) is 0 Å². The van der Waals surface area contributed by atoms with Crippen molar-refractivity contribution in [1.29, 1.82) is 0 Å². The van der Waals surface area contributed by atoms with Crippen molar-refractivity contribution in [2.45, 2.75) is 16.9 Å². The molecular weight excluding hydrogens is 405 g/mol. The van der Waals surface area contributed by atoms with Crippen molar-refractivity contribution >= 4 is 28.5 Å². The zero-order valence-corrected chi connectivity index (χ0v) is 15.5. The molecule has 0 saturated heterocycles. The monoisotopic (exact) mass is 425 g/mol. The van der Waals surface area contributed by atoms with E-state index >= 15 is 0 Å². The molecule has 0 spiro atoms. The van der Waals surface area contributed by atoms with E-state index < -0.39 is 0 Å². The molecule has 122 valence electrons. The van der Waals surface area contributed by atoms with Gasteiger partial charge in [-0.15, -0.1) is 0 Å². The highest BCUT2D eigenvalue weighted by atomic mass is 127. The summed E-state index contributed by atoms with van der Waals surface area (Å²) in [5.74, 6) is 1.24. The second-order valence-electron chi connectivity index (χ2n) is 5.12. The SMILES string of the molecule is COc1ccc(C(I)C(=O)NC(C)c2ccccc2)cc1OC. The molecule has 0 heterocycles. The van der Waals surface area contributed by atoms with E-state index in [1.54, 1.807) is 14.2 Å². The number of halogens is 1. The van der Waals surface area contributed by atoms with Crippen LogP contribution in [0.2, 0.25) is 0 Å². The highest BCUT2D eigenvalue weighted by molar-refractivity contribution is 14.1. The van der Waals surface area contributed by atoms with Gasteiger partial charge in [0, 0.05) is 0 Å². The van der Waals surface area contributed by atoms with Crippen LogP contribution in [0.4, 0.5) is 0 Å². The van der Waals surface area contributed by atoms with Crippen molar-refractivity contribution in [1.82, 2.24) is 5.32 Å². The van der Waals surface area contributed by atoms with Gasteiger partial charge in [0.05, 0.1) is 20.3 Å². The van der Waals surface area contributed by atoms with Crippen LogP contribution in [0.25, 0.3) is 0 Å². The van der Waals surface area contributed by atoms with Gasteiger partial charge in [0.15, 0.2) is 11.5 Å². The molecule has 5 heteroatoms. The zero-order valence-electron chi connectivity index (χ0n) is 13.4. The molecule has 2 atom stereocenters. The number of hydrogen-bond donors (Lipinski definition) is 1. The van der Waals surface area contributed by atoms with Crippen molar-refractivity contribution in [2.24, 2.45) is 0 Å². The predicted octanol–water partition coefficient (Wildman–Crippen LogP) is 4.06. The van der Waals surface area contributed by atoms with E-state index in [1.165, 1.54) is 0 Å². The number of ether oxygens (including phenoxy) is 2. The smallest absolute Gasteiger partial charge is 0.237 e. The number of alkyl halides is 1. The number of nitrogens with one attached hydrogen (secondary N) is 1. The Morgan fingerprint density at radius 2 is 1.65 bits per heavy atom. The molecule has 0 aliphatic carbocycles. The molecule has 0 bridgehead atoms. The van der Waals surface area contributed by atoms with Gasteiger partial charge in [0.1, 0.15) is 3.92 Å². The van der Waals surface area contributed by atoms with Gasteiger partial charge in [-0.1, -0.05) is 59.0 Å². The third-order valence-corrected chi connectivity index (χ3v) is 4.87. The molecule has 2 aromatic rings. The van der Waals surface area contributed by atoms with Crippen LogP contribution < -0.4 is 14.8 Å². The van der Waals surface area contributed by atoms with Gasteiger partial charge in [-0.2, -0.15) is 0 Å². The maximum absolute atomic E-state index is 12.5. The summed E-state index contributed by atoms with van der Waals surface area (Å²) < 4.78 is 10.2. The van der Waals surface area contributed by atoms with Gasteiger partial charge in [-0.05, 0) is 30.2 Å². The van der Waals surface area contributed by atoms with E-state index in [-0.39, 0.29) is 15.9 Å². The van der Waals surface area contributed by atoms with Crippen molar-refractivity contribution in [3.05, 3.63) is 59.7 Å². The lowest BCUT2D eigenvalue weighted by Crippen LogP contribution is -2.29. The first-order valence-corrected chi connectivity index (χ1v) is 8.52. The second-order valence-corrected chi connectivity index (χ2v) is 6.36. The minimum atomic E-state index is -0.307. The van der Waals surface area contributed by atoms with E-state index in [2.05, 4.69) is 27.9 Å². The van der Waals surface area contributed by atoms with Crippen molar-refractivity contribution in [3.8, 4) is 11.5 Å². The molecule has 1 amide bonds. The topological polar surface area (TPSA) is 47.6 Å². The van der Waals surface area contributed by atoms with Crippen LogP contribution in [0.1, 0.15) is 28.0 Å². The van der Waals surface area contributed by atoms with E-state index in [9.17, 15) is 4.79 Å². The van der Waals surface area contributed by atoms with Crippen LogP contribution in [0, 0.1) is 0 Å².